The third kappa shape index (κ3) is 3.25. The SMILES string of the molecule is CCNc1c(NS(=O)(=O)c2cccc(C#N)c2)c(=O)oc2ccccc12. The van der Waals surface area contributed by atoms with Crippen molar-refractivity contribution in [2.24, 2.45) is 0 Å². The Hall–Kier alpha value is -3.31. The Kier molecular flexibility index (Phi) is 4.65. The van der Waals surface area contributed by atoms with Gasteiger partial charge in [0.25, 0.3) is 10.0 Å². The van der Waals surface area contributed by atoms with E-state index in [1.54, 1.807) is 24.3 Å². The molecule has 3 rings (SSSR count). The van der Waals surface area contributed by atoms with Gasteiger partial charge in [-0.3, -0.25) is 4.72 Å². The largest absolute Gasteiger partial charge is 0.421 e. The molecular formula is C18H15N3O4S. The molecule has 0 amide bonds. The van der Waals surface area contributed by atoms with E-state index >= 15 is 0 Å². The summed E-state index contributed by atoms with van der Waals surface area (Å²) in [5.74, 6) is 0. The number of sulfonamides is 1. The summed E-state index contributed by atoms with van der Waals surface area (Å²) in [5, 5.41) is 12.6. The standard InChI is InChI=1S/C18H15N3O4S/c1-2-20-16-14-8-3-4-9-15(14)25-18(22)17(16)21-26(23,24)13-7-5-6-12(10-13)11-19/h3-10,20-21H,2H2,1H3. The molecule has 132 valence electrons. The molecular weight excluding hydrogens is 354 g/mol. The first kappa shape index (κ1) is 17.5. The van der Waals surface area contributed by atoms with E-state index in [2.05, 4.69) is 10.0 Å². The number of fused-ring (bicyclic) bond motifs is 1. The molecule has 0 saturated heterocycles. The Balaban J connectivity index is 2.16. The number of nitrogens with one attached hydrogen (secondary N) is 2. The Morgan fingerprint density at radius 3 is 2.62 bits per heavy atom. The maximum Gasteiger partial charge on any atom is 0.363 e. The van der Waals surface area contributed by atoms with Crippen molar-refractivity contribution in [3.05, 3.63) is 64.5 Å². The highest BCUT2D eigenvalue weighted by atomic mass is 32.2. The third-order valence-corrected chi connectivity index (χ3v) is 5.02. The number of nitrogens with zero attached hydrogens (tertiary/aromatic N) is 1. The second kappa shape index (κ2) is 6.90. The zero-order valence-corrected chi connectivity index (χ0v) is 14.6. The van der Waals surface area contributed by atoms with Gasteiger partial charge in [0.2, 0.25) is 0 Å². The number of hydrogen-bond acceptors (Lipinski definition) is 6. The molecule has 7 nitrogen and oxygen atoms in total. The fraction of sp³-hybridized carbons (Fsp3) is 0.111. The second-order valence-electron chi connectivity index (χ2n) is 5.41. The van der Waals surface area contributed by atoms with Gasteiger partial charge in [0.05, 0.1) is 22.2 Å². The van der Waals surface area contributed by atoms with Crippen LogP contribution in [-0.2, 0) is 10.0 Å². The van der Waals surface area contributed by atoms with Crippen LogP contribution in [0.5, 0.6) is 0 Å². The van der Waals surface area contributed by atoms with Crippen LogP contribution in [-0.4, -0.2) is 15.0 Å². The zero-order valence-electron chi connectivity index (χ0n) is 13.8. The molecule has 1 heterocycles. The average Bonchev–Trinajstić information content (AvgIpc) is 2.64. The van der Waals surface area contributed by atoms with Crippen molar-refractivity contribution in [2.75, 3.05) is 16.6 Å². The number of nitriles is 1. The van der Waals surface area contributed by atoms with Crippen molar-refractivity contribution in [2.45, 2.75) is 11.8 Å². The maximum atomic E-state index is 12.7. The number of hydrogen-bond donors (Lipinski definition) is 2. The van der Waals surface area contributed by atoms with E-state index in [1.165, 1.54) is 24.3 Å². The van der Waals surface area contributed by atoms with Gasteiger partial charge in [-0.05, 0) is 37.3 Å². The maximum absolute atomic E-state index is 12.7. The highest BCUT2D eigenvalue weighted by Gasteiger charge is 2.21. The van der Waals surface area contributed by atoms with Crippen LogP contribution in [0.3, 0.4) is 0 Å². The van der Waals surface area contributed by atoms with Gasteiger partial charge in [-0.15, -0.1) is 0 Å². The molecule has 0 aliphatic rings. The van der Waals surface area contributed by atoms with E-state index < -0.39 is 15.6 Å². The first-order valence-electron chi connectivity index (χ1n) is 7.79. The van der Waals surface area contributed by atoms with Crippen molar-refractivity contribution in [3.8, 4) is 6.07 Å². The topological polar surface area (TPSA) is 112 Å². The first-order valence-corrected chi connectivity index (χ1v) is 9.27. The summed E-state index contributed by atoms with van der Waals surface area (Å²) < 4.78 is 32.9. The lowest BCUT2D eigenvalue weighted by molar-refractivity contribution is 0.563. The molecule has 1 aromatic heterocycles. The lowest BCUT2D eigenvalue weighted by Gasteiger charge is -2.14. The quantitative estimate of drug-likeness (QED) is 0.669. The monoisotopic (exact) mass is 369 g/mol. The van der Waals surface area contributed by atoms with Gasteiger partial charge in [0.15, 0.2) is 5.69 Å². The van der Waals surface area contributed by atoms with Gasteiger partial charge in [-0.25, -0.2) is 13.2 Å². The van der Waals surface area contributed by atoms with E-state index in [-0.39, 0.29) is 16.1 Å². The lowest BCUT2D eigenvalue weighted by Crippen LogP contribution is -2.20. The Bertz CT molecular complexity index is 1180. The van der Waals surface area contributed by atoms with Gasteiger partial charge < -0.3 is 9.73 Å². The summed E-state index contributed by atoms with van der Waals surface area (Å²) in [6, 6.07) is 14.3. The van der Waals surface area contributed by atoms with Gasteiger partial charge >= 0.3 is 5.63 Å². The molecule has 0 radical (unpaired) electrons. The van der Waals surface area contributed by atoms with Crippen LogP contribution in [0.2, 0.25) is 0 Å². The number of rotatable bonds is 5. The average molecular weight is 369 g/mol. The molecule has 3 aromatic rings. The van der Waals surface area contributed by atoms with Crippen molar-refractivity contribution in [1.82, 2.24) is 0 Å². The molecule has 2 aromatic carbocycles. The zero-order chi connectivity index (χ0) is 18.7. The van der Waals surface area contributed by atoms with Crippen molar-refractivity contribution >= 4 is 32.4 Å². The van der Waals surface area contributed by atoms with E-state index in [9.17, 15) is 13.2 Å². The predicted molar refractivity (Wildman–Crippen MR) is 98.6 cm³/mol. The molecule has 8 heteroatoms. The molecule has 0 fully saturated rings. The smallest absolute Gasteiger partial charge is 0.363 e. The van der Waals surface area contributed by atoms with Crippen LogP contribution >= 0.6 is 0 Å². The lowest BCUT2D eigenvalue weighted by atomic mass is 10.2. The molecule has 0 bridgehead atoms. The van der Waals surface area contributed by atoms with Crippen LogP contribution in [0.15, 0.2) is 62.6 Å². The fourth-order valence-corrected chi connectivity index (χ4v) is 3.64. The van der Waals surface area contributed by atoms with Crippen LogP contribution < -0.4 is 15.7 Å². The highest BCUT2D eigenvalue weighted by molar-refractivity contribution is 7.92. The molecule has 0 saturated carbocycles. The van der Waals surface area contributed by atoms with Crippen molar-refractivity contribution < 1.29 is 12.8 Å². The fourth-order valence-electron chi connectivity index (χ4n) is 2.53. The highest BCUT2D eigenvalue weighted by Crippen LogP contribution is 2.30. The molecule has 26 heavy (non-hydrogen) atoms. The molecule has 2 N–H and O–H groups in total. The van der Waals surface area contributed by atoms with Gasteiger partial charge in [0.1, 0.15) is 5.58 Å². The second-order valence-corrected chi connectivity index (χ2v) is 7.09. The third-order valence-electron chi connectivity index (χ3n) is 3.68. The minimum Gasteiger partial charge on any atom is -0.421 e. The Labute approximate surface area is 149 Å². The first-order chi connectivity index (χ1) is 12.5. The van der Waals surface area contributed by atoms with E-state index in [1.807, 2.05) is 13.0 Å². The Morgan fingerprint density at radius 2 is 1.88 bits per heavy atom. The summed E-state index contributed by atoms with van der Waals surface area (Å²) in [5.41, 5.74) is -0.111. The van der Waals surface area contributed by atoms with E-state index in [0.717, 1.165) is 0 Å². The minimum absolute atomic E-state index is 0.119. The van der Waals surface area contributed by atoms with Crippen LogP contribution in [0.1, 0.15) is 12.5 Å². The normalized spacial score (nSPS) is 11.1. The molecule has 0 aliphatic heterocycles. The van der Waals surface area contributed by atoms with Crippen LogP contribution in [0.4, 0.5) is 11.4 Å². The summed E-state index contributed by atoms with van der Waals surface area (Å²) in [4.78, 5) is 12.3. The molecule has 0 spiro atoms. The minimum atomic E-state index is -4.08. The van der Waals surface area contributed by atoms with E-state index in [0.29, 0.717) is 23.2 Å². The summed E-state index contributed by atoms with van der Waals surface area (Å²) in [6.45, 7) is 2.31. The number of para-hydroxylation sites is 1. The summed E-state index contributed by atoms with van der Waals surface area (Å²) in [6.07, 6.45) is 0. The summed E-state index contributed by atoms with van der Waals surface area (Å²) >= 11 is 0. The van der Waals surface area contributed by atoms with Crippen LogP contribution in [0, 0.1) is 11.3 Å². The van der Waals surface area contributed by atoms with Crippen molar-refractivity contribution in [3.63, 3.8) is 0 Å². The molecule has 0 unspecified atom stereocenters. The number of benzene rings is 2. The van der Waals surface area contributed by atoms with Gasteiger partial charge in [-0.2, -0.15) is 5.26 Å². The predicted octanol–water partition coefficient (Wildman–Crippen LogP) is 2.90. The van der Waals surface area contributed by atoms with Crippen LogP contribution in [0.25, 0.3) is 11.0 Å². The molecule has 0 aliphatic carbocycles. The Morgan fingerprint density at radius 1 is 1.12 bits per heavy atom. The van der Waals surface area contributed by atoms with Gasteiger partial charge in [0, 0.05) is 11.9 Å². The van der Waals surface area contributed by atoms with Gasteiger partial charge in [-0.1, -0.05) is 18.2 Å². The van der Waals surface area contributed by atoms with Crippen molar-refractivity contribution in [1.29, 1.82) is 5.26 Å². The summed E-state index contributed by atoms with van der Waals surface area (Å²) in [7, 11) is -4.08. The molecule has 0 atom stereocenters. The van der Waals surface area contributed by atoms with E-state index in [4.69, 9.17) is 9.68 Å². The number of anilines is 2.